The number of fused-ring (bicyclic) bond motifs is 1. The number of nitrogens with zero attached hydrogens (tertiary/aromatic N) is 2. The molecule has 1 amide bonds. The Labute approximate surface area is 130 Å². The number of phenolic OH excluding ortho intramolecular Hbond substituents is 1. The highest BCUT2D eigenvalue weighted by atomic mass is 35.5. The van der Waals surface area contributed by atoms with E-state index in [1.807, 2.05) is 4.90 Å². The standard InChI is InChI=1S/C16H21ClN2O2/c1-18-7-2-3-11-10-19(8-6-15(11)18)16(21)13-9-12(20)4-5-14(13)17/h4-5,9,11,15,20H,2-3,6-8,10H2,1H3. The summed E-state index contributed by atoms with van der Waals surface area (Å²) >= 11 is 6.10. The Kier molecular flexibility index (Phi) is 4.09. The van der Waals surface area contributed by atoms with Gasteiger partial charge in [0, 0.05) is 19.1 Å². The van der Waals surface area contributed by atoms with Crippen molar-refractivity contribution in [3.05, 3.63) is 28.8 Å². The zero-order valence-electron chi connectivity index (χ0n) is 12.3. The smallest absolute Gasteiger partial charge is 0.255 e. The van der Waals surface area contributed by atoms with E-state index < -0.39 is 0 Å². The molecule has 5 heteroatoms. The zero-order chi connectivity index (χ0) is 15.0. The van der Waals surface area contributed by atoms with Crippen LogP contribution in [0.1, 0.15) is 29.6 Å². The van der Waals surface area contributed by atoms with Crippen LogP contribution in [0.25, 0.3) is 0 Å². The van der Waals surface area contributed by atoms with Gasteiger partial charge in [0.05, 0.1) is 10.6 Å². The predicted octanol–water partition coefficient (Wildman–Crippen LogP) is 2.60. The number of carbonyl (C=O) groups excluding carboxylic acids is 1. The summed E-state index contributed by atoms with van der Waals surface area (Å²) in [5.41, 5.74) is 0.402. The van der Waals surface area contributed by atoms with Gasteiger partial charge in [-0.25, -0.2) is 0 Å². The van der Waals surface area contributed by atoms with Crippen molar-refractivity contribution in [1.29, 1.82) is 0 Å². The van der Waals surface area contributed by atoms with E-state index in [9.17, 15) is 9.90 Å². The lowest BCUT2D eigenvalue weighted by Gasteiger charge is -2.46. The number of piperidine rings is 2. The van der Waals surface area contributed by atoms with Gasteiger partial charge in [0.15, 0.2) is 0 Å². The van der Waals surface area contributed by atoms with Gasteiger partial charge in [-0.05, 0) is 57.0 Å². The third-order valence-corrected chi connectivity index (χ3v) is 5.14. The van der Waals surface area contributed by atoms with Crippen LogP contribution in [0.2, 0.25) is 5.02 Å². The third-order valence-electron chi connectivity index (χ3n) is 4.81. The summed E-state index contributed by atoms with van der Waals surface area (Å²) in [6, 6.07) is 5.14. The molecule has 3 rings (SSSR count). The summed E-state index contributed by atoms with van der Waals surface area (Å²) in [4.78, 5) is 17.0. The Morgan fingerprint density at radius 2 is 2.14 bits per heavy atom. The Bertz CT molecular complexity index is 549. The number of benzene rings is 1. The molecule has 1 N–H and O–H groups in total. The topological polar surface area (TPSA) is 43.8 Å². The van der Waals surface area contributed by atoms with Crippen molar-refractivity contribution >= 4 is 17.5 Å². The molecule has 0 saturated carbocycles. The molecule has 2 aliphatic rings. The summed E-state index contributed by atoms with van der Waals surface area (Å²) in [6.45, 7) is 2.71. The molecule has 2 heterocycles. The monoisotopic (exact) mass is 308 g/mol. The van der Waals surface area contributed by atoms with E-state index in [0.29, 0.717) is 22.5 Å². The van der Waals surface area contributed by atoms with Crippen molar-refractivity contribution in [2.24, 2.45) is 5.92 Å². The van der Waals surface area contributed by atoms with E-state index >= 15 is 0 Å². The lowest BCUT2D eigenvalue weighted by molar-refractivity contribution is 0.0317. The summed E-state index contributed by atoms with van der Waals surface area (Å²) in [7, 11) is 2.18. The SMILES string of the molecule is CN1CCCC2CN(C(=O)c3cc(O)ccc3Cl)CCC21. The molecule has 2 unspecified atom stereocenters. The molecule has 21 heavy (non-hydrogen) atoms. The normalized spacial score (nSPS) is 26.5. The molecule has 0 spiro atoms. The molecule has 2 aliphatic heterocycles. The summed E-state index contributed by atoms with van der Waals surface area (Å²) in [5, 5.41) is 9.97. The highest BCUT2D eigenvalue weighted by Gasteiger charge is 2.36. The molecule has 0 bridgehead atoms. The van der Waals surface area contributed by atoms with Crippen molar-refractivity contribution in [3.8, 4) is 5.75 Å². The predicted molar refractivity (Wildman–Crippen MR) is 82.8 cm³/mol. The van der Waals surface area contributed by atoms with Crippen LogP contribution in [0.15, 0.2) is 18.2 Å². The first-order valence-corrected chi connectivity index (χ1v) is 7.92. The largest absolute Gasteiger partial charge is 0.508 e. The molecular weight excluding hydrogens is 288 g/mol. The first-order valence-electron chi connectivity index (χ1n) is 7.54. The maximum absolute atomic E-state index is 12.6. The van der Waals surface area contributed by atoms with Gasteiger partial charge in [0.1, 0.15) is 5.75 Å². The van der Waals surface area contributed by atoms with Crippen LogP contribution >= 0.6 is 11.6 Å². The fourth-order valence-electron chi connectivity index (χ4n) is 3.68. The molecule has 0 aromatic heterocycles. The maximum atomic E-state index is 12.6. The van der Waals surface area contributed by atoms with E-state index in [1.165, 1.54) is 25.0 Å². The van der Waals surface area contributed by atoms with Crippen LogP contribution in [0, 0.1) is 5.92 Å². The van der Waals surface area contributed by atoms with E-state index in [0.717, 1.165) is 26.1 Å². The van der Waals surface area contributed by atoms with Crippen LogP contribution in [-0.4, -0.2) is 53.5 Å². The van der Waals surface area contributed by atoms with Gasteiger partial charge in [-0.1, -0.05) is 11.6 Å². The second-order valence-electron chi connectivity index (χ2n) is 6.15. The molecule has 2 fully saturated rings. The van der Waals surface area contributed by atoms with Gasteiger partial charge in [-0.15, -0.1) is 0 Å². The van der Waals surface area contributed by atoms with Gasteiger partial charge < -0.3 is 14.9 Å². The molecule has 0 radical (unpaired) electrons. The molecule has 1 aromatic carbocycles. The minimum absolute atomic E-state index is 0.0671. The number of likely N-dealkylation sites (tertiary alicyclic amines) is 2. The highest BCUT2D eigenvalue weighted by Crippen LogP contribution is 2.31. The third kappa shape index (κ3) is 2.87. The fraction of sp³-hybridized carbons (Fsp3) is 0.562. The lowest BCUT2D eigenvalue weighted by atomic mass is 9.84. The maximum Gasteiger partial charge on any atom is 0.255 e. The van der Waals surface area contributed by atoms with Crippen molar-refractivity contribution in [2.45, 2.75) is 25.3 Å². The highest BCUT2D eigenvalue weighted by molar-refractivity contribution is 6.33. The van der Waals surface area contributed by atoms with E-state index in [-0.39, 0.29) is 11.7 Å². The molecule has 4 nitrogen and oxygen atoms in total. The summed E-state index contributed by atoms with van der Waals surface area (Å²) < 4.78 is 0. The van der Waals surface area contributed by atoms with Crippen molar-refractivity contribution in [1.82, 2.24) is 9.80 Å². The molecule has 114 valence electrons. The van der Waals surface area contributed by atoms with Crippen LogP contribution in [0.5, 0.6) is 5.75 Å². The van der Waals surface area contributed by atoms with Crippen LogP contribution < -0.4 is 0 Å². The summed E-state index contributed by atoms with van der Waals surface area (Å²) in [6.07, 6.45) is 3.41. The second kappa shape index (κ2) is 5.85. The van der Waals surface area contributed by atoms with E-state index in [2.05, 4.69) is 11.9 Å². The minimum Gasteiger partial charge on any atom is -0.508 e. The molecule has 2 saturated heterocycles. The van der Waals surface area contributed by atoms with Gasteiger partial charge >= 0.3 is 0 Å². The number of hydrogen-bond donors (Lipinski definition) is 1. The summed E-state index contributed by atoms with van der Waals surface area (Å²) in [5.74, 6) is 0.565. The van der Waals surface area contributed by atoms with Gasteiger partial charge in [0.2, 0.25) is 0 Å². The Morgan fingerprint density at radius 1 is 1.33 bits per heavy atom. The van der Waals surface area contributed by atoms with E-state index in [1.54, 1.807) is 6.07 Å². The Balaban J connectivity index is 1.76. The average molecular weight is 309 g/mol. The van der Waals surface area contributed by atoms with Gasteiger partial charge in [-0.3, -0.25) is 4.79 Å². The molecule has 2 atom stereocenters. The molecular formula is C16H21ClN2O2. The quantitative estimate of drug-likeness (QED) is 0.867. The number of amides is 1. The Morgan fingerprint density at radius 3 is 2.95 bits per heavy atom. The number of hydrogen-bond acceptors (Lipinski definition) is 3. The molecule has 0 aliphatic carbocycles. The first kappa shape index (κ1) is 14.7. The van der Waals surface area contributed by atoms with Crippen LogP contribution in [0.3, 0.4) is 0 Å². The number of halogens is 1. The van der Waals surface area contributed by atoms with Gasteiger partial charge in [0.25, 0.3) is 5.91 Å². The minimum atomic E-state index is -0.0671. The number of rotatable bonds is 1. The molecule has 1 aromatic rings. The van der Waals surface area contributed by atoms with E-state index in [4.69, 9.17) is 11.6 Å². The van der Waals surface area contributed by atoms with Crippen molar-refractivity contribution in [3.63, 3.8) is 0 Å². The number of aromatic hydroxyl groups is 1. The fourth-order valence-corrected chi connectivity index (χ4v) is 3.88. The number of phenols is 1. The van der Waals surface area contributed by atoms with Crippen molar-refractivity contribution < 1.29 is 9.90 Å². The van der Waals surface area contributed by atoms with Crippen LogP contribution in [-0.2, 0) is 0 Å². The first-order chi connectivity index (χ1) is 10.1. The Hall–Kier alpha value is -1.26. The van der Waals surface area contributed by atoms with Gasteiger partial charge in [-0.2, -0.15) is 0 Å². The second-order valence-corrected chi connectivity index (χ2v) is 6.56. The number of carbonyl (C=O) groups is 1. The zero-order valence-corrected chi connectivity index (χ0v) is 13.0. The van der Waals surface area contributed by atoms with Crippen LogP contribution in [0.4, 0.5) is 0 Å². The van der Waals surface area contributed by atoms with Crippen molar-refractivity contribution in [2.75, 3.05) is 26.7 Å². The average Bonchev–Trinajstić information content (AvgIpc) is 2.49. The lowest BCUT2D eigenvalue weighted by Crippen LogP contribution is -2.53.